The van der Waals surface area contributed by atoms with Crippen LogP contribution in [0.2, 0.25) is 36.3 Å². The normalized spacial score (nSPS) is 21.1. The van der Waals surface area contributed by atoms with Crippen molar-refractivity contribution in [1.82, 2.24) is 4.90 Å². The molecule has 0 saturated carbocycles. The number of nitrogens with zero attached hydrogens (tertiary/aromatic N) is 1. The zero-order valence-corrected chi connectivity index (χ0v) is 19.0. The second kappa shape index (κ2) is 10.9. The molecule has 0 bridgehead atoms. The summed E-state index contributed by atoms with van der Waals surface area (Å²) in [5, 5.41) is 0. The van der Waals surface area contributed by atoms with Crippen LogP contribution in [0.25, 0.3) is 0 Å². The minimum atomic E-state index is -1.60. The number of likely N-dealkylation sites (tertiary alicyclic amines) is 1. The van der Waals surface area contributed by atoms with Gasteiger partial charge in [-0.25, -0.2) is 0 Å². The van der Waals surface area contributed by atoms with Crippen LogP contribution in [-0.4, -0.2) is 39.4 Å². The summed E-state index contributed by atoms with van der Waals surface area (Å²) in [6, 6.07) is 6.87. The zero-order chi connectivity index (χ0) is 19.6. The average Bonchev–Trinajstić information content (AvgIpc) is 2.99. The highest BCUT2D eigenvalue weighted by atomic mass is 28.3. The Morgan fingerprint density at radius 1 is 0.615 bits per heavy atom. The third-order valence-corrected chi connectivity index (χ3v) is 17.2. The Labute approximate surface area is 164 Å². The first-order chi connectivity index (χ1) is 12.5. The van der Waals surface area contributed by atoms with Crippen molar-refractivity contribution < 1.29 is 0 Å². The summed E-state index contributed by atoms with van der Waals surface area (Å²) >= 11 is 0. The van der Waals surface area contributed by atoms with Gasteiger partial charge >= 0.3 is 0 Å². The summed E-state index contributed by atoms with van der Waals surface area (Å²) in [5.41, 5.74) is 1.35. The van der Waals surface area contributed by atoms with E-state index in [0.29, 0.717) is 11.3 Å². The molecule has 1 rings (SSSR count). The smallest absolute Gasteiger partial charge is 0.0839 e. The van der Waals surface area contributed by atoms with Gasteiger partial charge in [-0.3, -0.25) is 0 Å². The summed E-state index contributed by atoms with van der Waals surface area (Å²) in [6.07, 6.45) is 15.4. The van der Waals surface area contributed by atoms with Crippen LogP contribution in [0.3, 0.4) is 0 Å². The lowest BCUT2D eigenvalue weighted by atomic mass is 10.4. The Morgan fingerprint density at radius 3 is 1.04 bits per heavy atom. The molecule has 26 heavy (non-hydrogen) atoms. The largest absolute Gasteiger partial charge is 0.306 e. The molecule has 0 aromatic heterocycles. The van der Waals surface area contributed by atoms with Crippen molar-refractivity contribution in [3.63, 3.8) is 0 Å². The highest BCUT2D eigenvalue weighted by molar-refractivity contribution is 6.84. The molecule has 0 aliphatic carbocycles. The lowest BCUT2D eigenvalue weighted by Gasteiger charge is -2.45. The van der Waals surface area contributed by atoms with Gasteiger partial charge in [0.05, 0.1) is 16.1 Å². The topological polar surface area (TPSA) is 3.24 Å². The van der Waals surface area contributed by atoms with E-state index in [4.69, 9.17) is 0 Å². The summed E-state index contributed by atoms with van der Waals surface area (Å²) in [5.74, 6) is 0. The summed E-state index contributed by atoms with van der Waals surface area (Å²) in [6.45, 7) is 24.5. The van der Waals surface area contributed by atoms with E-state index in [1.807, 2.05) is 0 Å². The predicted molar refractivity (Wildman–Crippen MR) is 126 cm³/mol. The van der Waals surface area contributed by atoms with Gasteiger partial charge in [-0.1, -0.05) is 36.5 Å². The van der Waals surface area contributed by atoms with Crippen LogP contribution >= 0.6 is 0 Å². The maximum atomic E-state index is 4.08. The molecule has 2 atom stereocenters. The van der Waals surface area contributed by atoms with Crippen LogP contribution in [0.4, 0.5) is 0 Å². The van der Waals surface area contributed by atoms with Gasteiger partial charge < -0.3 is 4.90 Å². The highest BCUT2D eigenvalue weighted by Crippen LogP contribution is 2.42. The molecule has 1 aliphatic heterocycles. The van der Waals surface area contributed by atoms with Gasteiger partial charge in [0.15, 0.2) is 0 Å². The molecular weight excluding hydrogens is 346 g/mol. The maximum absolute atomic E-state index is 4.08. The molecule has 2 unspecified atom stereocenters. The Kier molecular flexibility index (Phi) is 9.55. The molecule has 0 aromatic carbocycles. The van der Waals surface area contributed by atoms with Gasteiger partial charge in [-0.05, 0) is 56.2 Å². The molecule has 144 valence electrons. The van der Waals surface area contributed by atoms with Gasteiger partial charge in [0.25, 0.3) is 0 Å². The van der Waals surface area contributed by atoms with Crippen LogP contribution in [-0.2, 0) is 0 Å². The minimum Gasteiger partial charge on any atom is -0.306 e. The number of rotatable bonds is 14. The maximum Gasteiger partial charge on any atom is 0.0839 e. The van der Waals surface area contributed by atoms with E-state index < -0.39 is 16.1 Å². The monoisotopic (exact) mass is 385 g/mol. The lowest BCUT2D eigenvalue weighted by Crippen LogP contribution is -2.59. The molecular formula is C23H39NSi2. The fourth-order valence-corrected chi connectivity index (χ4v) is 15.3. The van der Waals surface area contributed by atoms with Crippen LogP contribution in [0, 0.1) is 0 Å². The molecule has 0 radical (unpaired) electrons. The predicted octanol–water partition coefficient (Wildman–Crippen LogP) is 6.54. The quantitative estimate of drug-likeness (QED) is 0.242. The molecule has 1 saturated heterocycles. The number of hydrogen-bond donors (Lipinski definition) is 0. The molecule has 1 heterocycles. The standard InChI is InChI=1S/C23H39NSi2/c1-8-16-25(17-9-2,18-10-3)22-14-15-23(24(22)7)26(19-11-4,20-12-5)21-13-6/h8-13,22-23H,1-6,14-21H2,7H3. The molecule has 0 spiro atoms. The van der Waals surface area contributed by atoms with Crippen LogP contribution < -0.4 is 0 Å². The molecule has 1 nitrogen and oxygen atoms in total. The Bertz CT molecular complexity index is 423. The number of hydrogen-bond acceptors (Lipinski definition) is 1. The van der Waals surface area contributed by atoms with Crippen molar-refractivity contribution in [3.8, 4) is 0 Å². The van der Waals surface area contributed by atoms with Crippen molar-refractivity contribution in [2.24, 2.45) is 0 Å². The van der Waals surface area contributed by atoms with E-state index in [2.05, 4.69) is 87.9 Å². The van der Waals surface area contributed by atoms with E-state index in [1.165, 1.54) is 12.8 Å². The molecule has 0 N–H and O–H groups in total. The van der Waals surface area contributed by atoms with Crippen molar-refractivity contribution >= 4 is 16.1 Å². The summed E-state index contributed by atoms with van der Waals surface area (Å²) < 4.78 is 0. The first-order valence-electron chi connectivity index (χ1n) is 9.88. The van der Waals surface area contributed by atoms with Crippen molar-refractivity contribution in [2.45, 2.75) is 60.4 Å². The second-order valence-corrected chi connectivity index (χ2v) is 17.2. The zero-order valence-electron chi connectivity index (χ0n) is 17.0. The van der Waals surface area contributed by atoms with E-state index in [9.17, 15) is 0 Å². The fraction of sp³-hybridized carbons (Fsp3) is 0.478. The van der Waals surface area contributed by atoms with E-state index >= 15 is 0 Å². The van der Waals surface area contributed by atoms with Crippen LogP contribution in [0.5, 0.6) is 0 Å². The summed E-state index contributed by atoms with van der Waals surface area (Å²) in [4.78, 5) is 2.76. The molecule has 0 aromatic rings. The van der Waals surface area contributed by atoms with Crippen molar-refractivity contribution in [1.29, 1.82) is 0 Å². The first-order valence-corrected chi connectivity index (χ1v) is 15.3. The minimum absolute atomic E-state index is 0.674. The van der Waals surface area contributed by atoms with Gasteiger partial charge in [0.1, 0.15) is 0 Å². The number of allylic oxidation sites excluding steroid dienone is 6. The van der Waals surface area contributed by atoms with Crippen LogP contribution in [0.15, 0.2) is 75.9 Å². The second-order valence-electron chi connectivity index (χ2n) is 7.96. The van der Waals surface area contributed by atoms with E-state index in [-0.39, 0.29) is 0 Å². The SMILES string of the molecule is C=CC[Si](CC=C)(CC=C)C1CCC([Si](CC=C)(CC=C)CC=C)N1C. The van der Waals surface area contributed by atoms with Gasteiger partial charge in [-0.2, -0.15) is 0 Å². The Balaban J connectivity index is 3.27. The Hall–Kier alpha value is -1.17. The molecule has 3 heteroatoms. The first kappa shape index (κ1) is 22.9. The van der Waals surface area contributed by atoms with Crippen molar-refractivity contribution in [3.05, 3.63) is 75.9 Å². The van der Waals surface area contributed by atoms with Gasteiger partial charge in [0.2, 0.25) is 0 Å². The van der Waals surface area contributed by atoms with Gasteiger partial charge in [-0.15, -0.1) is 39.5 Å². The highest BCUT2D eigenvalue weighted by Gasteiger charge is 2.51. The molecule has 1 aliphatic rings. The Morgan fingerprint density at radius 2 is 0.846 bits per heavy atom. The van der Waals surface area contributed by atoms with Crippen LogP contribution in [0.1, 0.15) is 12.8 Å². The van der Waals surface area contributed by atoms with E-state index in [1.54, 1.807) is 0 Å². The summed E-state index contributed by atoms with van der Waals surface area (Å²) in [7, 11) is -0.826. The van der Waals surface area contributed by atoms with Crippen molar-refractivity contribution in [2.75, 3.05) is 7.05 Å². The fourth-order valence-electron chi connectivity index (χ4n) is 5.46. The third-order valence-electron chi connectivity index (χ3n) is 6.42. The molecule has 0 amide bonds. The van der Waals surface area contributed by atoms with E-state index in [0.717, 1.165) is 36.3 Å². The molecule has 1 fully saturated rings. The van der Waals surface area contributed by atoms with Gasteiger partial charge in [0, 0.05) is 11.3 Å². The third kappa shape index (κ3) is 4.76. The lowest BCUT2D eigenvalue weighted by molar-refractivity contribution is 0.334. The average molecular weight is 386 g/mol.